The highest BCUT2D eigenvalue weighted by Gasteiger charge is 2.27. The summed E-state index contributed by atoms with van der Waals surface area (Å²) in [6.45, 7) is 7.23. The molecular weight excluding hydrogens is 352 g/mol. The fraction of sp³-hybridized carbons (Fsp3) is 0.316. The van der Waals surface area contributed by atoms with Crippen molar-refractivity contribution in [3.05, 3.63) is 54.6 Å². The molecule has 0 saturated carbocycles. The van der Waals surface area contributed by atoms with E-state index in [2.05, 4.69) is 5.32 Å². The first kappa shape index (κ1) is 19.8. The van der Waals surface area contributed by atoms with Gasteiger partial charge < -0.3 is 4.74 Å². The zero-order valence-electron chi connectivity index (χ0n) is 15.4. The van der Waals surface area contributed by atoms with Gasteiger partial charge in [0, 0.05) is 6.54 Å². The predicted molar refractivity (Wildman–Crippen MR) is 103 cm³/mol. The van der Waals surface area contributed by atoms with Crippen LogP contribution in [-0.4, -0.2) is 26.7 Å². The molecule has 0 saturated heterocycles. The summed E-state index contributed by atoms with van der Waals surface area (Å²) in [6.07, 6.45) is -0.706. The van der Waals surface area contributed by atoms with E-state index in [4.69, 9.17) is 4.74 Å². The number of benzene rings is 2. The van der Waals surface area contributed by atoms with E-state index in [0.717, 1.165) is 0 Å². The lowest BCUT2D eigenvalue weighted by Crippen LogP contribution is -2.32. The van der Waals surface area contributed by atoms with Crippen molar-refractivity contribution in [3.63, 3.8) is 0 Å². The number of nitrogens with zero attached hydrogens (tertiary/aromatic N) is 1. The molecule has 1 N–H and O–H groups in total. The second kappa shape index (κ2) is 7.78. The topological polar surface area (TPSA) is 75.7 Å². The van der Waals surface area contributed by atoms with Crippen LogP contribution in [0.15, 0.2) is 59.5 Å². The lowest BCUT2D eigenvalue weighted by molar-refractivity contribution is 0.0635. The van der Waals surface area contributed by atoms with Crippen molar-refractivity contribution >= 4 is 27.5 Å². The normalized spacial score (nSPS) is 11.7. The fourth-order valence-corrected chi connectivity index (χ4v) is 4.04. The van der Waals surface area contributed by atoms with Crippen LogP contribution in [0.2, 0.25) is 0 Å². The summed E-state index contributed by atoms with van der Waals surface area (Å²) < 4.78 is 32.9. The molecule has 0 heterocycles. The molecule has 2 aromatic rings. The summed E-state index contributed by atoms with van der Waals surface area (Å²) in [5.41, 5.74) is 0.0513. The van der Waals surface area contributed by atoms with E-state index in [9.17, 15) is 13.2 Å². The molecule has 0 radical (unpaired) electrons. The number of nitrogens with one attached hydrogen (secondary N) is 1. The van der Waals surface area contributed by atoms with E-state index in [1.54, 1.807) is 64.1 Å². The molecule has 0 aliphatic carbocycles. The van der Waals surface area contributed by atoms with Gasteiger partial charge in [-0.2, -0.15) is 0 Å². The SMILES string of the molecule is CCN(c1ccccc1)S(=O)(=O)c1ccccc1NC(=O)OC(C)(C)C. The van der Waals surface area contributed by atoms with Crippen molar-refractivity contribution < 1.29 is 17.9 Å². The minimum atomic E-state index is -3.86. The Morgan fingerprint density at radius 2 is 1.62 bits per heavy atom. The van der Waals surface area contributed by atoms with Gasteiger partial charge in [-0.25, -0.2) is 13.2 Å². The van der Waals surface area contributed by atoms with Crippen LogP contribution in [0.25, 0.3) is 0 Å². The van der Waals surface area contributed by atoms with E-state index >= 15 is 0 Å². The molecule has 1 amide bonds. The average molecular weight is 376 g/mol. The van der Waals surface area contributed by atoms with Crippen LogP contribution in [0.4, 0.5) is 16.2 Å². The van der Waals surface area contributed by atoms with E-state index < -0.39 is 21.7 Å². The van der Waals surface area contributed by atoms with E-state index in [1.165, 1.54) is 16.4 Å². The van der Waals surface area contributed by atoms with Crippen LogP contribution >= 0.6 is 0 Å². The third-order valence-corrected chi connectivity index (χ3v) is 5.38. The first-order valence-electron chi connectivity index (χ1n) is 8.32. The van der Waals surface area contributed by atoms with Gasteiger partial charge in [-0.3, -0.25) is 9.62 Å². The summed E-state index contributed by atoms with van der Waals surface area (Å²) >= 11 is 0. The molecule has 2 aromatic carbocycles. The number of sulfonamides is 1. The first-order valence-corrected chi connectivity index (χ1v) is 9.76. The van der Waals surface area contributed by atoms with Crippen molar-refractivity contribution in [2.45, 2.75) is 38.2 Å². The molecule has 0 spiro atoms. The first-order chi connectivity index (χ1) is 12.1. The molecule has 0 aromatic heterocycles. The maximum Gasteiger partial charge on any atom is 0.412 e. The van der Waals surface area contributed by atoms with Gasteiger partial charge in [0.05, 0.1) is 11.4 Å². The highest BCUT2D eigenvalue weighted by atomic mass is 32.2. The van der Waals surface area contributed by atoms with E-state index in [-0.39, 0.29) is 17.1 Å². The van der Waals surface area contributed by atoms with Crippen LogP contribution in [0.1, 0.15) is 27.7 Å². The van der Waals surface area contributed by atoms with E-state index in [1.807, 2.05) is 6.07 Å². The molecule has 0 aliphatic rings. The lowest BCUT2D eigenvalue weighted by atomic mass is 10.2. The zero-order valence-corrected chi connectivity index (χ0v) is 16.2. The molecule has 0 fully saturated rings. The van der Waals surface area contributed by atoms with Gasteiger partial charge in [-0.1, -0.05) is 30.3 Å². The minimum Gasteiger partial charge on any atom is -0.444 e. The van der Waals surface area contributed by atoms with Crippen molar-refractivity contribution in [1.82, 2.24) is 0 Å². The van der Waals surface area contributed by atoms with Crippen LogP contribution in [0, 0.1) is 0 Å². The zero-order chi connectivity index (χ0) is 19.4. The number of para-hydroxylation sites is 2. The van der Waals surface area contributed by atoms with Crippen molar-refractivity contribution in [1.29, 1.82) is 0 Å². The largest absolute Gasteiger partial charge is 0.444 e. The smallest absolute Gasteiger partial charge is 0.412 e. The molecule has 0 atom stereocenters. The predicted octanol–water partition coefficient (Wildman–Crippen LogP) is 4.25. The number of carbonyl (C=O) groups excluding carboxylic acids is 1. The van der Waals surface area contributed by atoms with Crippen molar-refractivity contribution in [3.8, 4) is 0 Å². The van der Waals surface area contributed by atoms with Crippen molar-refractivity contribution in [2.24, 2.45) is 0 Å². The van der Waals surface area contributed by atoms with Crippen LogP contribution in [0.3, 0.4) is 0 Å². The number of hydrogen-bond acceptors (Lipinski definition) is 4. The summed E-state index contributed by atoms with van der Waals surface area (Å²) in [5.74, 6) is 0. The number of hydrogen-bond donors (Lipinski definition) is 1. The molecule has 0 unspecified atom stereocenters. The Labute approximate surface area is 154 Å². The van der Waals surface area contributed by atoms with E-state index in [0.29, 0.717) is 5.69 Å². The molecule has 140 valence electrons. The van der Waals surface area contributed by atoms with Crippen LogP contribution in [0.5, 0.6) is 0 Å². The number of ether oxygens (including phenoxy) is 1. The van der Waals surface area contributed by atoms with Crippen LogP contribution < -0.4 is 9.62 Å². The Morgan fingerprint density at radius 3 is 2.19 bits per heavy atom. The molecule has 26 heavy (non-hydrogen) atoms. The highest BCUT2D eigenvalue weighted by molar-refractivity contribution is 7.93. The van der Waals surface area contributed by atoms with Gasteiger partial charge >= 0.3 is 6.09 Å². The standard InChI is InChI=1S/C19H24N2O4S/c1-5-21(15-11-7-6-8-12-15)26(23,24)17-14-10-9-13-16(17)20-18(22)25-19(2,3)4/h6-14H,5H2,1-4H3,(H,20,22). The van der Waals surface area contributed by atoms with Crippen molar-refractivity contribution in [2.75, 3.05) is 16.2 Å². The maximum atomic E-state index is 13.2. The second-order valence-electron chi connectivity index (χ2n) is 6.63. The summed E-state index contributed by atoms with van der Waals surface area (Å²) in [5, 5.41) is 2.54. The molecule has 0 aliphatic heterocycles. The van der Waals surface area contributed by atoms with Gasteiger partial charge in [0.2, 0.25) is 0 Å². The minimum absolute atomic E-state index is 0.0107. The monoisotopic (exact) mass is 376 g/mol. The van der Waals surface area contributed by atoms with Gasteiger partial charge in [-0.15, -0.1) is 0 Å². The molecule has 2 rings (SSSR count). The lowest BCUT2D eigenvalue weighted by Gasteiger charge is -2.25. The molecule has 6 nitrogen and oxygen atoms in total. The third kappa shape index (κ3) is 4.76. The Morgan fingerprint density at radius 1 is 1.04 bits per heavy atom. The second-order valence-corrected chi connectivity index (χ2v) is 8.46. The quantitative estimate of drug-likeness (QED) is 0.846. The number of carbonyl (C=O) groups is 1. The van der Waals surface area contributed by atoms with Gasteiger partial charge in [0.1, 0.15) is 10.5 Å². The number of amides is 1. The van der Waals surface area contributed by atoms with Crippen LogP contribution in [-0.2, 0) is 14.8 Å². The Hall–Kier alpha value is -2.54. The fourth-order valence-electron chi connectivity index (χ4n) is 2.41. The van der Waals surface area contributed by atoms with Gasteiger partial charge in [0.25, 0.3) is 10.0 Å². The molecule has 7 heteroatoms. The summed E-state index contributed by atoms with van der Waals surface area (Å²) in [4.78, 5) is 12.1. The summed E-state index contributed by atoms with van der Waals surface area (Å²) in [7, 11) is -3.86. The highest BCUT2D eigenvalue weighted by Crippen LogP contribution is 2.28. The number of rotatable bonds is 5. The molecular formula is C19H24N2O4S. The third-order valence-electron chi connectivity index (χ3n) is 3.42. The van der Waals surface area contributed by atoms with Gasteiger partial charge in [-0.05, 0) is 52.0 Å². The molecule has 0 bridgehead atoms. The maximum absolute atomic E-state index is 13.2. The summed E-state index contributed by atoms with van der Waals surface area (Å²) in [6, 6.07) is 15.1. The average Bonchev–Trinajstić information content (AvgIpc) is 2.55. The van der Waals surface area contributed by atoms with Gasteiger partial charge in [0.15, 0.2) is 0 Å². The number of anilines is 2. The Kier molecular flexibility index (Phi) is 5.92. The Bertz CT molecular complexity index is 859. The Balaban J connectivity index is 2.40.